The van der Waals surface area contributed by atoms with E-state index < -0.39 is 44.4 Å². The fourth-order valence-corrected chi connectivity index (χ4v) is 6.09. The highest BCUT2D eigenvalue weighted by Gasteiger charge is 2.56. The van der Waals surface area contributed by atoms with E-state index in [0.29, 0.717) is 21.2 Å². The molecule has 30 heavy (non-hydrogen) atoms. The molecule has 3 rings (SSSR count). The number of esters is 2. The fraction of sp³-hybridized carbons (Fsp3) is 0.300. The lowest BCUT2D eigenvalue weighted by molar-refractivity contribution is -0.142. The van der Waals surface area contributed by atoms with Crippen molar-refractivity contribution in [3.63, 3.8) is 0 Å². The number of nitrogens with one attached hydrogen (secondary N) is 1. The Labute approximate surface area is 184 Å². The number of ether oxygens (including phenoxy) is 2. The van der Waals surface area contributed by atoms with Gasteiger partial charge in [0.1, 0.15) is 0 Å². The van der Waals surface area contributed by atoms with Crippen molar-refractivity contribution in [2.24, 2.45) is 0 Å². The summed E-state index contributed by atoms with van der Waals surface area (Å²) in [4.78, 5) is 25.1. The van der Waals surface area contributed by atoms with Crippen LogP contribution >= 0.6 is 23.2 Å². The highest BCUT2D eigenvalue weighted by Crippen LogP contribution is 2.39. The van der Waals surface area contributed by atoms with E-state index in [2.05, 4.69) is 5.32 Å². The minimum atomic E-state index is -4.38. The number of halogens is 2. The van der Waals surface area contributed by atoms with Crippen LogP contribution in [0.15, 0.2) is 48.5 Å². The minimum Gasteiger partial charge on any atom is -0.468 e. The first kappa shape index (κ1) is 22.6. The van der Waals surface area contributed by atoms with Crippen LogP contribution in [0.2, 0.25) is 10.0 Å². The maximum atomic E-state index is 13.5. The molecule has 1 N–H and O–H groups in total. The molecule has 2 aromatic carbocycles. The number of carbonyl (C=O) groups is 2. The largest absolute Gasteiger partial charge is 0.468 e. The standard InChI is InChI=1S/C20H19Cl2NO6S/c1-28-19(24)17-15(11-3-7-13(21)8-4-11)23-16(12-5-9-14(22)10-6-12)18(20(25)29-2)30(17,26)27/h3-10,15-18,23H,1-2H3/t15-,16+,17-,18+. The van der Waals surface area contributed by atoms with Crippen molar-refractivity contribution in [3.05, 3.63) is 69.7 Å². The number of hydrogen-bond donors (Lipinski definition) is 1. The van der Waals surface area contributed by atoms with Crippen LogP contribution in [-0.4, -0.2) is 45.1 Å². The van der Waals surface area contributed by atoms with E-state index in [4.69, 9.17) is 32.7 Å². The number of methoxy groups -OCH3 is 2. The Hall–Kier alpha value is -2.13. The van der Waals surface area contributed by atoms with E-state index in [-0.39, 0.29) is 0 Å². The zero-order chi connectivity index (χ0) is 22.1. The zero-order valence-corrected chi connectivity index (χ0v) is 18.4. The molecule has 1 aliphatic heterocycles. The predicted octanol–water partition coefficient (Wildman–Crippen LogP) is 2.88. The molecule has 0 bridgehead atoms. The van der Waals surface area contributed by atoms with Crippen LogP contribution in [-0.2, 0) is 28.9 Å². The molecule has 0 saturated carbocycles. The zero-order valence-electron chi connectivity index (χ0n) is 16.0. The third-order valence-corrected chi connectivity index (χ3v) is 7.85. The van der Waals surface area contributed by atoms with Gasteiger partial charge in [-0.05, 0) is 35.4 Å². The smallest absolute Gasteiger partial charge is 0.326 e. The van der Waals surface area contributed by atoms with E-state index in [1.807, 2.05) is 0 Å². The molecule has 0 spiro atoms. The Morgan fingerprint density at radius 2 is 1.10 bits per heavy atom. The summed E-state index contributed by atoms with van der Waals surface area (Å²) in [5.74, 6) is -1.96. The molecular formula is C20H19Cl2NO6S. The van der Waals surface area contributed by atoms with E-state index >= 15 is 0 Å². The first-order chi connectivity index (χ1) is 14.2. The first-order valence-corrected chi connectivity index (χ1v) is 11.2. The van der Waals surface area contributed by atoms with E-state index in [1.54, 1.807) is 48.5 Å². The molecule has 1 saturated heterocycles. The fourth-order valence-electron chi connectivity index (χ4n) is 3.56. The summed E-state index contributed by atoms with van der Waals surface area (Å²) >= 11 is 11.9. The predicted molar refractivity (Wildman–Crippen MR) is 112 cm³/mol. The second kappa shape index (κ2) is 8.93. The van der Waals surface area contributed by atoms with Gasteiger partial charge in [-0.3, -0.25) is 14.9 Å². The third kappa shape index (κ3) is 4.18. The van der Waals surface area contributed by atoms with Crippen molar-refractivity contribution in [1.82, 2.24) is 5.32 Å². The van der Waals surface area contributed by atoms with E-state index in [9.17, 15) is 18.0 Å². The summed E-state index contributed by atoms with van der Waals surface area (Å²) in [6, 6.07) is 10.8. The molecule has 10 heteroatoms. The Balaban J connectivity index is 2.20. The minimum absolute atomic E-state index is 0.453. The number of rotatable bonds is 4. The van der Waals surface area contributed by atoms with Gasteiger partial charge in [-0.2, -0.15) is 0 Å². The van der Waals surface area contributed by atoms with Gasteiger partial charge >= 0.3 is 11.9 Å². The second-order valence-electron chi connectivity index (χ2n) is 6.70. The van der Waals surface area contributed by atoms with Gasteiger partial charge in [-0.1, -0.05) is 47.5 Å². The van der Waals surface area contributed by atoms with Crippen LogP contribution in [0.25, 0.3) is 0 Å². The normalized spacial score (nSPS) is 25.3. The maximum Gasteiger partial charge on any atom is 0.326 e. The average molecular weight is 472 g/mol. The summed E-state index contributed by atoms with van der Waals surface area (Å²) in [6.45, 7) is 0. The van der Waals surface area contributed by atoms with Gasteiger partial charge in [0, 0.05) is 10.0 Å². The van der Waals surface area contributed by atoms with Crippen LogP contribution in [0.3, 0.4) is 0 Å². The monoisotopic (exact) mass is 471 g/mol. The van der Waals surface area contributed by atoms with Crippen molar-refractivity contribution in [1.29, 1.82) is 0 Å². The topological polar surface area (TPSA) is 98.8 Å². The summed E-state index contributed by atoms with van der Waals surface area (Å²) in [5.41, 5.74) is 1.00. The molecule has 0 aromatic heterocycles. The quantitative estimate of drug-likeness (QED) is 0.684. The molecule has 0 amide bonds. The van der Waals surface area contributed by atoms with Gasteiger partial charge < -0.3 is 9.47 Å². The molecule has 0 unspecified atom stereocenters. The Kier molecular flexibility index (Phi) is 6.71. The van der Waals surface area contributed by atoms with Crippen molar-refractivity contribution in [2.45, 2.75) is 22.6 Å². The number of hydrogen-bond acceptors (Lipinski definition) is 7. The average Bonchev–Trinajstić information content (AvgIpc) is 2.72. The molecule has 160 valence electrons. The summed E-state index contributed by atoms with van der Waals surface area (Å²) in [6.07, 6.45) is 0. The van der Waals surface area contributed by atoms with Gasteiger partial charge in [-0.15, -0.1) is 0 Å². The van der Waals surface area contributed by atoms with Crippen LogP contribution in [0, 0.1) is 0 Å². The van der Waals surface area contributed by atoms with E-state index in [1.165, 1.54) is 0 Å². The lowest BCUT2D eigenvalue weighted by atomic mass is 9.96. The van der Waals surface area contributed by atoms with Crippen molar-refractivity contribution >= 4 is 45.0 Å². The van der Waals surface area contributed by atoms with Gasteiger partial charge in [0.05, 0.1) is 26.3 Å². The Bertz CT molecular complexity index is 962. The molecule has 7 nitrogen and oxygen atoms in total. The molecule has 1 fully saturated rings. The lowest BCUT2D eigenvalue weighted by Gasteiger charge is -2.40. The number of carbonyl (C=O) groups excluding carboxylic acids is 2. The van der Waals surface area contributed by atoms with Crippen LogP contribution in [0.1, 0.15) is 23.2 Å². The third-order valence-electron chi connectivity index (χ3n) is 5.00. The molecule has 4 atom stereocenters. The highest BCUT2D eigenvalue weighted by atomic mass is 35.5. The maximum absolute atomic E-state index is 13.5. The second-order valence-corrected chi connectivity index (χ2v) is 9.77. The van der Waals surface area contributed by atoms with Crippen LogP contribution < -0.4 is 5.32 Å². The molecular weight excluding hydrogens is 453 g/mol. The number of sulfone groups is 1. The molecule has 1 aliphatic rings. The first-order valence-electron chi connectivity index (χ1n) is 8.86. The SMILES string of the molecule is COC(=O)[C@@H]1[C@H](c2ccc(Cl)cc2)N[C@H](c2ccc(Cl)cc2)[C@H](C(=O)OC)S1(=O)=O. The Morgan fingerprint density at radius 1 is 0.767 bits per heavy atom. The summed E-state index contributed by atoms with van der Waals surface area (Å²) in [5, 5.41) is 0.737. The van der Waals surface area contributed by atoms with Gasteiger partial charge in [-0.25, -0.2) is 8.42 Å². The van der Waals surface area contributed by atoms with Crippen molar-refractivity contribution < 1.29 is 27.5 Å². The van der Waals surface area contributed by atoms with Crippen LogP contribution in [0.5, 0.6) is 0 Å². The summed E-state index contributed by atoms with van der Waals surface area (Å²) < 4.78 is 36.6. The van der Waals surface area contributed by atoms with Gasteiger partial charge in [0.2, 0.25) is 0 Å². The number of benzene rings is 2. The van der Waals surface area contributed by atoms with Gasteiger partial charge in [0.15, 0.2) is 20.3 Å². The molecule has 0 radical (unpaired) electrons. The van der Waals surface area contributed by atoms with E-state index in [0.717, 1.165) is 14.2 Å². The molecule has 0 aliphatic carbocycles. The molecule has 2 aromatic rings. The summed E-state index contributed by atoms with van der Waals surface area (Å²) in [7, 11) is -2.19. The Morgan fingerprint density at radius 3 is 1.40 bits per heavy atom. The van der Waals surface area contributed by atoms with Crippen molar-refractivity contribution in [2.75, 3.05) is 14.2 Å². The lowest BCUT2D eigenvalue weighted by Crippen LogP contribution is -2.59. The van der Waals surface area contributed by atoms with Gasteiger partial charge in [0.25, 0.3) is 0 Å². The highest BCUT2D eigenvalue weighted by molar-refractivity contribution is 7.94. The molecule has 1 heterocycles. The van der Waals surface area contributed by atoms with Crippen LogP contribution in [0.4, 0.5) is 0 Å². The van der Waals surface area contributed by atoms with Crippen molar-refractivity contribution in [3.8, 4) is 0 Å².